The number of carbonyl (C=O) groups is 15. The Balaban J connectivity index is 1.27. The third-order valence-corrected chi connectivity index (χ3v) is 20.4. The first-order valence-corrected chi connectivity index (χ1v) is 40.9. The minimum atomic E-state index is -1.92. The number of aliphatic hydroxyl groups is 2. The molecule has 0 bridgehead atoms. The van der Waals surface area contributed by atoms with Crippen molar-refractivity contribution in [3.63, 3.8) is 0 Å². The van der Waals surface area contributed by atoms with Crippen LogP contribution in [0.15, 0.2) is 107 Å². The number of hydrogen-bond donors (Lipinski definition) is 22. The average Bonchev–Trinajstić information content (AvgIpc) is 1.63. The zero-order valence-electron chi connectivity index (χ0n) is 68.7. The Bertz CT molecular complexity index is 4440. The van der Waals surface area contributed by atoms with Crippen LogP contribution in [-0.2, 0) is 68.7 Å². The van der Waals surface area contributed by atoms with Gasteiger partial charge in [0, 0.05) is 73.9 Å². The molecule has 28 N–H and O–H groups in total. The van der Waals surface area contributed by atoms with Crippen molar-refractivity contribution in [2.24, 2.45) is 40.3 Å². The van der Waals surface area contributed by atoms with E-state index in [-0.39, 0.29) is 115 Å². The molecule has 664 valence electrons. The molecular weight excluding hydrogens is 1600 g/mol. The molecule has 5 aromatic rings. The van der Waals surface area contributed by atoms with E-state index in [1.165, 1.54) is 30.6 Å². The summed E-state index contributed by atoms with van der Waals surface area (Å²) in [6.07, 6.45) is -1.63. The molecule has 6 rings (SSSR count). The molecule has 1 fully saturated rings. The second-order valence-corrected chi connectivity index (χ2v) is 30.5. The Kier molecular flexibility index (Phi) is 40.8. The van der Waals surface area contributed by atoms with Gasteiger partial charge in [0.15, 0.2) is 0 Å². The van der Waals surface area contributed by atoms with Crippen LogP contribution in [0.1, 0.15) is 119 Å². The molecule has 122 heavy (non-hydrogen) atoms. The van der Waals surface area contributed by atoms with Gasteiger partial charge in [0.25, 0.3) is 5.91 Å². The third kappa shape index (κ3) is 31.0. The predicted octanol–water partition coefficient (Wildman–Crippen LogP) is -4.76. The van der Waals surface area contributed by atoms with Crippen LogP contribution in [0.2, 0.25) is 0 Å². The van der Waals surface area contributed by atoms with Crippen molar-refractivity contribution in [2.45, 2.75) is 187 Å². The summed E-state index contributed by atoms with van der Waals surface area (Å²) in [6.45, 7) is 3.15. The van der Waals surface area contributed by atoms with Crippen LogP contribution in [-0.4, -0.2) is 268 Å². The van der Waals surface area contributed by atoms with Crippen LogP contribution in [0.3, 0.4) is 0 Å². The smallest absolute Gasteiger partial charge is 0.345 e. The van der Waals surface area contributed by atoms with E-state index < -0.39 is 194 Å². The van der Waals surface area contributed by atoms with E-state index in [1.807, 2.05) is 0 Å². The third-order valence-electron chi connectivity index (χ3n) is 19.3. The summed E-state index contributed by atoms with van der Waals surface area (Å²) in [4.78, 5) is 218. The summed E-state index contributed by atoms with van der Waals surface area (Å²) in [7, 11) is 1.50. The highest BCUT2D eigenvalue weighted by Crippen LogP contribution is 2.34. The lowest BCUT2D eigenvalue weighted by Crippen LogP contribution is -2.62. The molecule has 41 nitrogen and oxygen atoms in total. The van der Waals surface area contributed by atoms with Gasteiger partial charge in [0.05, 0.1) is 34.7 Å². The molecule has 0 spiro atoms. The van der Waals surface area contributed by atoms with Gasteiger partial charge in [-0.3, -0.25) is 72.1 Å². The Morgan fingerprint density at radius 3 is 1.79 bits per heavy atom. The highest BCUT2D eigenvalue weighted by atomic mass is 32.2. The fourth-order valence-electron chi connectivity index (χ4n) is 12.7. The number of pyridine rings is 1. The van der Waals surface area contributed by atoms with Crippen molar-refractivity contribution >= 4 is 124 Å². The largest absolute Gasteiger partial charge is 0.480 e. The maximum Gasteiger partial charge on any atom is 0.345 e. The molecule has 1 saturated heterocycles. The van der Waals surface area contributed by atoms with Crippen LogP contribution in [0, 0.1) is 5.92 Å². The van der Waals surface area contributed by atoms with Crippen molar-refractivity contribution in [1.82, 2.24) is 88.8 Å². The molecule has 3 heterocycles. The Morgan fingerprint density at radius 1 is 0.615 bits per heavy atom. The van der Waals surface area contributed by atoms with Gasteiger partial charge < -0.3 is 124 Å². The van der Waals surface area contributed by atoms with Crippen LogP contribution < -0.4 is 104 Å². The topological polar surface area (TPSA) is 663 Å². The highest BCUT2D eigenvalue weighted by Gasteiger charge is 2.39. The van der Waals surface area contributed by atoms with Gasteiger partial charge in [-0.1, -0.05) is 74.1 Å². The summed E-state index contributed by atoms with van der Waals surface area (Å²) in [5, 5.41) is 69.8. The van der Waals surface area contributed by atoms with Gasteiger partial charge in [-0.05, 0) is 164 Å². The number of nitrogens with zero attached hydrogens (tertiary/aromatic N) is 4. The number of carbonyl (C=O) groups excluding carboxylic acids is 14. The zero-order chi connectivity index (χ0) is 89.7. The Morgan fingerprint density at radius 2 is 1.20 bits per heavy atom. The van der Waals surface area contributed by atoms with Gasteiger partial charge in [0.2, 0.25) is 70.9 Å². The lowest BCUT2D eigenvalue weighted by atomic mass is 10.00. The van der Waals surface area contributed by atoms with Gasteiger partial charge in [-0.15, -0.1) is 0 Å². The fourth-order valence-corrected chi connectivity index (χ4v) is 13.7. The maximum atomic E-state index is 15.2. The monoisotopic (exact) mass is 1720 g/mol. The van der Waals surface area contributed by atoms with E-state index in [4.69, 9.17) is 39.5 Å². The predicted molar refractivity (Wildman–Crippen MR) is 450 cm³/mol. The van der Waals surface area contributed by atoms with Crippen molar-refractivity contribution in [1.29, 1.82) is 0 Å². The maximum absolute atomic E-state index is 15.2. The van der Waals surface area contributed by atoms with E-state index in [9.17, 15) is 82.4 Å². The van der Waals surface area contributed by atoms with E-state index in [1.54, 1.807) is 123 Å². The van der Waals surface area contributed by atoms with Crippen molar-refractivity contribution < 1.29 is 87.2 Å². The molecule has 0 unspecified atom stereocenters. The molecule has 2 aromatic heterocycles. The van der Waals surface area contributed by atoms with Crippen LogP contribution in [0.5, 0.6) is 0 Å². The van der Waals surface area contributed by atoms with Crippen molar-refractivity contribution in [2.75, 3.05) is 66.0 Å². The summed E-state index contributed by atoms with van der Waals surface area (Å²) in [5.74, 6) is -13.6. The van der Waals surface area contributed by atoms with Crippen LogP contribution in [0.4, 0.5) is 4.79 Å². The quantitative estimate of drug-likeness (QED) is 0.0176. The van der Waals surface area contributed by atoms with Gasteiger partial charge in [-0.25, -0.2) is 4.79 Å². The average molecular weight is 1720 g/mol. The summed E-state index contributed by atoms with van der Waals surface area (Å²) in [6, 6.07) is 7.58. The molecule has 1 aliphatic rings. The minimum Gasteiger partial charge on any atom is -0.480 e. The first-order chi connectivity index (χ1) is 58.2. The van der Waals surface area contributed by atoms with Crippen LogP contribution >= 0.6 is 11.8 Å². The molecule has 3 aromatic carbocycles. The van der Waals surface area contributed by atoms with E-state index in [0.717, 1.165) is 11.6 Å². The number of aliphatic hydroxyl groups excluding tert-OH is 2. The van der Waals surface area contributed by atoms with Crippen molar-refractivity contribution in [3.8, 4) is 0 Å². The number of nitrogens with one attached hydrogen (secondary N) is 13. The molecule has 42 heteroatoms. The Labute approximate surface area is 709 Å². The number of hydrogen-bond acceptors (Lipinski definition) is 26. The van der Waals surface area contributed by atoms with Gasteiger partial charge in [0.1, 0.15) is 66.5 Å². The number of rotatable bonds is 38. The SMILES string of the molecule is CNC(=O)c1ccccc1Sc1ccc2c(/C=C/c3ccccn3)nn(C(=O)N(CCNC(=O)CC[C@H](N)C(=O)O)CCC(=O)N[C@@H](CCN)C(=O)N[C@H](C(=O)N[C@@H](CCN)C(=O)N[C@H]3CCNC(=O)[C@H]([C@@H](C)O)NC(=O)[C@H](CCN)NC(=O)[C@H](CCN)NC(=O)[C@H](CC(C)C)NC(=O)[C@@H](Cc4ccccc4)NC(=O)[C@H](CCN)NC3=O)[C@@H](C)O)c2c1. The van der Waals surface area contributed by atoms with Gasteiger partial charge >= 0.3 is 12.0 Å². The summed E-state index contributed by atoms with van der Waals surface area (Å²) >= 11 is 1.23. The summed E-state index contributed by atoms with van der Waals surface area (Å²) < 4.78 is 1.10. The number of amides is 14. The molecule has 14 amide bonds. The minimum absolute atomic E-state index is 0.00144. The highest BCUT2D eigenvalue weighted by molar-refractivity contribution is 7.99. The lowest BCUT2D eigenvalue weighted by Gasteiger charge is -2.29. The number of fused-ring (bicyclic) bond motifs is 1. The number of nitrogens with two attached hydrogens (primary N) is 6. The standard InChI is InChI=1S/C80H115N23O18S/c1-44(2)41-60-75(115)94-55(25-32-82)69(109)93-58(28-35-85)74(114)99-66(45(3)104)77(117)90-37-29-59(72(112)92-56(26-33-83)71(111)98-61(76(116)97-60)42-47-13-7-6-8-14-47)95-70(110)57(27-34-84)96-78(118)67(46(4)105)100-73(113)54(24-31-81)91-65(107)30-39-102(40-38-89-64(106)23-21-52(86)79(119)120)80(121)103-62-43-49(122-63-17-10-9-16-51(63)68(108)87-5)19-20-50(62)53(101-103)22-18-48-15-11-12-36-88-48/h6-20,22,36,43-46,52,54-61,66-67,104-105H,21,23-35,37-42,81-86H2,1-5H3,(H,87,108)(H,89,106)(H,90,117)(H,91,107)(H,92,112)(H,93,109)(H,94,115)(H,95,110)(H,96,118)(H,97,116)(H,98,111)(H,99,114)(H,100,113)(H,119,120)/b22-18+/t45-,46-,52+,54+,55+,56+,57+,58+,59+,60+,61-,66+,67+/m1/s1. The Hall–Kier alpha value is -11.9. The van der Waals surface area contributed by atoms with Crippen LogP contribution in [0.25, 0.3) is 23.1 Å². The first kappa shape index (κ1) is 98.9. The molecular formula is C80H115N23O18S. The van der Waals surface area contributed by atoms with E-state index >= 15 is 4.79 Å². The molecule has 0 aliphatic carbocycles. The fraction of sp³-hybridized carbons (Fsp3) is 0.487. The van der Waals surface area contributed by atoms with Gasteiger partial charge in [-0.2, -0.15) is 9.78 Å². The van der Waals surface area contributed by atoms with E-state index in [2.05, 4.69) is 74.1 Å². The van der Waals surface area contributed by atoms with E-state index in [0.29, 0.717) is 37.7 Å². The molecule has 1 aliphatic heterocycles. The normalized spacial score (nSPS) is 19.4. The van der Waals surface area contributed by atoms with Crippen molar-refractivity contribution in [3.05, 3.63) is 120 Å². The molecule has 13 atom stereocenters. The first-order valence-electron chi connectivity index (χ1n) is 40.1. The lowest BCUT2D eigenvalue weighted by molar-refractivity contribution is -0.139. The molecule has 0 saturated carbocycles. The molecule has 0 radical (unpaired) electrons. The number of carboxylic acid groups (broad SMARTS) is 1. The number of carboxylic acids is 1. The second kappa shape index (κ2) is 50.4. The number of aliphatic carboxylic acids is 1. The second-order valence-electron chi connectivity index (χ2n) is 29.4. The number of benzene rings is 3. The zero-order valence-corrected chi connectivity index (χ0v) is 69.6. The summed E-state index contributed by atoms with van der Waals surface area (Å²) in [5.41, 5.74) is 37.5. The number of aromatic nitrogens is 3.